The van der Waals surface area contributed by atoms with E-state index in [-0.39, 0.29) is 0 Å². The Bertz CT molecular complexity index is 407. The van der Waals surface area contributed by atoms with E-state index in [1.807, 2.05) is 6.92 Å². The summed E-state index contributed by atoms with van der Waals surface area (Å²) in [5.74, 6) is 1.52. The second-order valence-corrected chi connectivity index (χ2v) is 4.15. The molecule has 0 unspecified atom stereocenters. The molecule has 0 atom stereocenters. The Morgan fingerprint density at radius 1 is 1.46 bits per heavy atom. The molecule has 13 heavy (non-hydrogen) atoms. The Hall–Kier alpha value is -0.680. The number of hydrogen-bond acceptors (Lipinski definition) is 4. The Morgan fingerprint density at radius 2 is 2.31 bits per heavy atom. The number of aromatic nitrogens is 4. The quantitative estimate of drug-likeness (QED) is 0.733. The van der Waals surface area contributed by atoms with E-state index < -0.39 is 0 Å². The molecule has 70 valence electrons. The van der Waals surface area contributed by atoms with Crippen molar-refractivity contribution in [3.05, 3.63) is 10.8 Å². The van der Waals surface area contributed by atoms with Gasteiger partial charge in [0.25, 0.3) is 0 Å². The molecule has 0 aliphatic rings. The van der Waals surface area contributed by atoms with Crippen LogP contribution in [-0.2, 0) is 6.42 Å². The van der Waals surface area contributed by atoms with Gasteiger partial charge in [-0.25, -0.2) is 0 Å². The minimum absolute atomic E-state index is 0.680. The van der Waals surface area contributed by atoms with Crippen LogP contribution in [0.3, 0.4) is 0 Å². The number of hydrogen-bond donors (Lipinski definition) is 0. The van der Waals surface area contributed by atoms with Gasteiger partial charge in [0, 0.05) is 12.3 Å². The van der Waals surface area contributed by atoms with Crippen molar-refractivity contribution in [3.8, 4) is 0 Å². The first-order valence-electron chi connectivity index (χ1n) is 4.05. The van der Waals surface area contributed by atoms with Gasteiger partial charge < -0.3 is 0 Å². The third-order valence-corrected chi connectivity index (χ3v) is 2.94. The maximum atomic E-state index is 5.60. The Balaban J connectivity index is 2.28. The average molecular weight is 217 g/mol. The Labute approximate surface area is 84.5 Å². The highest BCUT2D eigenvalue weighted by molar-refractivity contribution is 7.16. The summed E-state index contributed by atoms with van der Waals surface area (Å²) in [5, 5.41) is 13.3. The smallest absolute Gasteiger partial charge is 0.188 e. The van der Waals surface area contributed by atoms with Crippen LogP contribution in [0.15, 0.2) is 0 Å². The molecule has 0 radical (unpaired) electrons. The van der Waals surface area contributed by atoms with E-state index in [1.165, 1.54) is 0 Å². The van der Waals surface area contributed by atoms with E-state index in [9.17, 15) is 0 Å². The second kappa shape index (κ2) is 3.59. The summed E-state index contributed by atoms with van der Waals surface area (Å²) in [7, 11) is 0. The molecule has 2 rings (SSSR count). The van der Waals surface area contributed by atoms with Crippen LogP contribution in [0, 0.1) is 6.92 Å². The molecule has 0 saturated carbocycles. The molecule has 0 N–H and O–H groups in total. The summed E-state index contributed by atoms with van der Waals surface area (Å²) in [6.45, 7) is 1.89. The van der Waals surface area contributed by atoms with Crippen LogP contribution in [0.4, 0.5) is 0 Å². The zero-order chi connectivity index (χ0) is 9.26. The molecule has 0 fully saturated rings. The van der Waals surface area contributed by atoms with Gasteiger partial charge in [0.1, 0.15) is 5.01 Å². The van der Waals surface area contributed by atoms with E-state index in [2.05, 4.69) is 15.3 Å². The maximum Gasteiger partial charge on any atom is 0.234 e. The van der Waals surface area contributed by atoms with Gasteiger partial charge in [-0.05, 0) is 13.3 Å². The summed E-state index contributed by atoms with van der Waals surface area (Å²) in [6.07, 6.45) is 1.89. The fraction of sp³-hybridized carbons (Fsp3) is 0.571. The zero-order valence-electron chi connectivity index (χ0n) is 7.20. The summed E-state index contributed by atoms with van der Waals surface area (Å²) in [4.78, 5) is 0.863. The van der Waals surface area contributed by atoms with E-state index in [0.717, 1.165) is 28.6 Å². The van der Waals surface area contributed by atoms with Crippen molar-refractivity contribution < 1.29 is 0 Å². The summed E-state index contributed by atoms with van der Waals surface area (Å²) in [5.41, 5.74) is 0. The average Bonchev–Trinajstić information content (AvgIpc) is 2.65. The highest BCUT2D eigenvalue weighted by atomic mass is 35.5. The Morgan fingerprint density at radius 3 is 3.00 bits per heavy atom. The van der Waals surface area contributed by atoms with E-state index >= 15 is 0 Å². The van der Waals surface area contributed by atoms with Gasteiger partial charge in [-0.2, -0.15) is 9.61 Å². The lowest BCUT2D eigenvalue weighted by atomic mass is 10.4. The third-order valence-electron chi connectivity index (χ3n) is 1.71. The van der Waals surface area contributed by atoms with Crippen molar-refractivity contribution in [1.29, 1.82) is 0 Å². The summed E-state index contributed by atoms with van der Waals surface area (Å²) >= 11 is 7.18. The minimum Gasteiger partial charge on any atom is -0.188 e. The van der Waals surface area contributed by atoms with Gasteiger partial charge in [-0.1, -0.05) is 11.3 Å². The van der Waals surface area contributed by atoms with Gasteiger partial charge in [-0.15, -0.1) is 21.8 Å². The van der Waals surface area contributed by atoms with Gasteiger partial charge in [0.2, 0.25) is 4.96 Å². The van der Waals surface area contributed by atoms with Gasteiger partial charge >= 0.3 is 0 Å². The molecule has 6 heteroatoms. The predicted octanol–water partition coefficient (Wildman–Crippen LogP) is 1.67. The summed E-state index contributed by atoms with van der Waals surface area (Å²) in [6, 6.07) is 0. The monoisotopic (exact) mass is 216 g/mol. The number of halogens is 1. The fourth-order valence-electron chi connectivity index (χ4n) is 1.07. The highest BCUT2D eigenvalue weighted by Crippen LogP contribution is 2.14. The first kappa shape index (κ1) is 8.90. The van der Waals surface area contributed by atoms with Crippen molar-refractivity contribution in [2.45, 2.75) is 19.8 Å². The molecule has 0 aliphatic carbocycles. The van der Waals surface area contributed by atoms with Crippen molar-refractivity contribution in [3.63, 3.8) is 0 Å². The molecule has 2 heterocycles. The third kappa shape index (κ3) is 1.66. The topological polar surface area (TPSA) is 43.1 Å². The molecule has 0 amide bonds. The minimum atomic E-state index is 0.680. The van der Waals surface area contributed by atoms with Crippen LogP contribution in [0.25, 0.3) is 4.96 Å². The van der Waals surface area contributed by atoms with Crippen molar-refractivity contribution in [1.82, 2.24) is 19.8 Å². The number of aryl methyl sites for hydroxylation is 2. The molecule has 0 aliphatic heterocycles. The molecule has 0 bridgehead atoms. The number of fused-ring (bicyclic) bond motifs is 1. The molecule has 0 spiro atoms. The molecule has 0 saturated heterocycles. The maximum absolute atomic E-state index is 5.60. The van der Waals surface area contributed by atoms with Crippen molar-refractivity contribution >= 4 is 27.9 Å². The van der Waals surface area contributed by atoms with E-state index in [0.29, 0.717) is 5.88 Å². The van der Waals surface area contributed by atoms with Gasteiger partial charge in [0.05, 0.1) is 0 Å². The second-order valence-electron chi connectivity index (χ2n) is 2.73. The Kier molecular flexibility index (Phi) is 2.46. The van der Waals surface area contributed by atoms with Crippen molar-refractivity contribution in [2.24, 2.45) is 0 Å². The van der Waals surface area contributed by atoms with Gasteiger partial charge in [-0.3, -0.25) is 0 Å². The normalized spacial score (nSPS) is 11.2. The lowest BCUT2D eigenvalue weighted by Gasteiger charge is -1.88. The standard InChI is InChI=1S/C7H9ClN4S/c1-5-9-10-7-12(5)11-6(13-7)3-2-4-8/h2-4H2,1H3. The zero-order valence-corrected chi connectivity index (χ0v) is 8.77. The van der Waals surface area contributed by atoms with Crippen LogP contribution >= 0.6 is 22.9 Å². The van der Waals surface area contributed by atoms with Crippen LogP contribution in [0.5, 0.6) is 0 Å². The number of alkyl halides is 1. The van der Waals surface area contributed by atoms with Crippen LogP contribution in [0.1, 0.15) is 17.3 Å². The first-order chi connectivity index (χ1) is 6.31. The lowest BCUT2D eigenvalue weighted by molar-refractivity contribution is 0.824. The largest absolute Gasteiger partial charge is 0.234 e. The number of rotatable bonds is 3. The van der Waals surface area contributed by atoms with Crippen LogP contribution in [-0.4, -0.2) is 25.7 Å². The molecular formula is C7H9ClN4S. The van der Waals surface area contributed by atoms with E-state index in [1.54, 1.807) is 15.9 Å². The summed E-state index contributed by atoms with van der Waals surface area (Å²) < 4.78 is 1.77. The van der Waals surface area contributed by atoms with Crippen molar-refractivity contribution in [2.75, 3.05) is 5.88 Å². The lowest BCUT2D eigenvalue weighted by Crippen LogP contribution is -1.91. The highest BCUT2D eigenvalue weighted by Gasteiger charge is 2.07. The van der Waals surface area contributed by atoms with Crippen LogP contribution in [0.2, 0.25) is 0 Å². The molecular weight excluding hydrogens is 208 g/mol. The van der Waals surface area contributed by atoms with Crippen LogP contribution < -0.4 is 0 Å². The molecule has 2 aromatic heterocycles. The first-order valence-corrected chi connectivity index (χ1v) is 5.40. The van der Waals surface area contributed by atoms with Gasteiger partial charge in [0.15, 0.2) is 5.82 Å². The number of nitrogens with zero attached hydrogens (tertiary/aromatic N) is 4. The fourth-order valence-corrected chi connectivity index (χ4v) is 2.13. The SMILES string of the molecule is Cc1nnc2sc(CCCCl)nn12. The predicted molar refractivity (Wildman–Crippen MR) is 52.4 cm³/mol. The molecule has 0 aromatic carbocycles. The molecule has 4 nitrogen and oxygen atoms in total. The molecule has 2 aromatic rings. The van der Waals surface area contributed by atoms with E-state index in [4.69, 9.17) is 11.6 Å².